The molecule has 1 aromatic carbocycles. The van der Waals surface area contributed by atoms with Crippen LogP contribution in [0, 0.1) is 10.5 Å². The van der Waals surface area contributed by atoms with Gasteiger partial charge in [-0.1, -0.05) is 12.1 Å². The van der Waals surface area contributed by atoms with Gasteiger partial charge in [0.2, 0.25) is 0 Å². The third-order valence-electron chi connectivity index (χ3n) is 2.69. The van der Waals surface area contributed by atoms with Gasteiger partial charge in [0, 0.05) is 9.77 Å². The molecule has 0 aliphatic carbocycles. The number of halogens is 1. The second-order valence-corrected chi connectivity index (χ2v) is 5.19. The predicted molar refractivity (Wildman–Crippen MR) is 79.6 cm³/mol. The Hall–Kier alpha value is -1.30. The summed E-state index contributed by atoms with van der Waals surface area (Å²) in [5.74, 6) is -0.273. The van der Waals surface area contributed by atoms with Crippen molar-refractivity contribution >= 4 is 28.6 Å². The van der Waals surface area contributed by atoms with E-state index in [1.165, 1.54) is 0 Å². The molecule has 0 aliphatic heterocycles. The van der Waals surface area contributed by atoms with Crippen molar-refractivity contribution < 1.29 is 9.53 Å². The van der Waals surface area contributed by atoms with E-state index >= 15 is 0 Å². The van der Waals surface area contributed by atoms with Crippen LogP contribution in [0.25, 0.3) is 11.3 Å². The van der Waals surface area contributed by atoms with Crippen molar-refractivity contribution in [1.82, 2.24) is 4.98 Å². The smallest absolute Gasteiger partial charge is 0.340 e. The molecule has 3 nitrogen and oxygen atoms in total. The number of aromatic amines is 1. The highest BCUT2D eigenvalue weighted by Crippen LogP contribution is 2.26. The lowest BCUT2D eigenvalue weighted by atomic mass is 10.1. The molecule has 0 saturated carbocycles. The van der Waals surface area contributed by atoms with E-state index in [2.05, 4.69) is 27.6 Å². The van der Waals surface area contributed by atoms with Gasteiger partial charge in [-0.2, -0.15) is 0 Å². The van der Waals surface area contributed by atoms with Gasteiger partial charge in [-0.05, 0) is 59.7 Å². The number of rotatable bonds is 3. The Morgan fingerprint density at radius 3 is 2.61 bits per heavy atom. The van der Waals surface area contributed by atoms with Gasteiger partial charge in [-0.25, -0.2) is 4.79 Å². The molecule has 0 amide bonds. The number of benzene rings is 1. The molecule has 94 valence electrons. The number of H-pyrrole nitrogens is 1. The Kier molecular flexibility index (Phi) is 4.06. The van der Waals surface area contributed by atoms with Crippen molar-refractivity contribution in [3.8, 4) is 11.3 Å². The number of esters is 1. The number of aryl methyl sites for hydroxylation is 1. The van der Waals surface area contributed by atoms with Gasteiger partial charge in [0.15, 0.2) is 0 Å². The molecule has 0 saturated heterocycles. The fraction of sp³-hybridized carbons (Fsp3) is 0.214. The van der Waals surface area contributed by atoms with Gasteiger partial charge in [-0.15, -0.1) is 0 Å². The molecule has 0 bridgehead atoms. The minimum Gasteiger partial charge on any atom is -0.462 e. The van der Waals surface area contributed by atoms with Crippen molar-refractivity contribution in [2.45, 2.75) is 13.8 Å². The van der Waals surface area contributed by atoms with Crippen molar-refractivity contribution in [1.29, 1.82) is 0 Å². The van der Waals surface area contributed by atoms with E-state index in [1.807, 2.05) is 44.3 Å². The van der Waals surface area contributed by atoms with Gasteiger partial charge in [-0.3, -0.25) is 0 Å². The van der Waals surface area contributed by atoms with E-state index < -0.39 is 0 Å². The highest BCUT2D eigenvalue weighted by Gasteiger charge is 2.18. The van der Waals surface area contributed by atoms with Crippen LogP contribution in [0.1, 0.15) is 22.8 Å². The van der Waals surface area contributed by atoms with Crippen LogP contribution in [0.3, 0.4) is 0 Å². The zero-order valence-electron chi connectivity index (χ0n) is 10.3. The minimum atomic E-state index is -0.273. The monoisotopic (exact) mass is 355 g/mol. The summed E-state index contributed by atoms with van der Waals surface area (Å²) in [5, 5.41) is 0. The molecule has 0 spiro atoms. The maximum atomic E-state index is 11.9. The van der Waals surface area contributed by atoms with Crippen molar-refractivity contribution in [3.63, 3.8) is 0 Å². The number of carbonyl (C=O) groups is 1. The molecule has 0 radical (unpaired) electrons. The van der Waals surface area contributed by atoms with Crippen molar-refractivity contribution in [2.24, 2.45) is 0 Å². The minimum absolute atomic E-state index is 0.273. The largest absolute Gasteiger partial charge is 0.462 e. The lowest BCUT2D eigenvalue weighted by Gasteiger charge is -2.05. The lowest BCUT2D eigenvalue weighted by molar-refractivity contribution is 0.0527. The summed E-state index contributed by atoms with van der Waals surface area (Å²) in [4.78, 5) is 15.1. The third-order valence-corrected chi connectivity index (χ3v) is 3.41. The first-order chi connectivity index (χ1) is 8.63. The lowest BCUT2D eigenvalue weighted by Crippen LogP contribution is -2.06. The highest BCUT2D eigenvalue weighted by atomic mass is 127. The van der Waals surface area contributed by atoms with Gasteiger partial charge in [0.25, 0.3) is 0 Å². The topological polar surface area (TPSA) is 42.1 Å². The summed E-state index contributed by atoms with van der Waals surface area (Å²) in [6.45, 7) is 4.10. The molecule has 4 heteroatoms. The molecular formula is C14H14INO2. The first kappa shape index (κ1) is 13.1. The van der Waals surface area contributed by atoms with Crippen LogP contribution in [-0.2, 0) is 4.74 Å². The Morgan fingerprint density at radius 1 is 1.33 bits per heavy atom. The van der Waals surface area contributed by atoms with E-state index in [1.54, 1.807) is 0 Å². The average molecular weight is 355 g/mol. The van der Waals surface area contributed by atoms with Crippen molar-refractivity contribution in [3.05, 3.63) is 45.2 Å². The summed E-state index contributed by atoms with van der Waals surface area (Å²) < 4.78 is 6.26. The summed E-state index contributed by atoms with van der Waals surface area (Å²) >= 11 is 2.25. The predicted octanol–water partition coefficient (Wildman–Crippen LogP) is 3.77. The maximum absolute atomic E-state index is 11.9. The molecule has 2 rings (SSSR count). The molecule has 0 atom stereocenters. The molecule has 1 N–H and O–H groups in total. The number of hydrogen-bond donors (Lipinski definition) is 1. The Bertz CT molecular complexity index is 558. The van der Waals surface area contributed by atoms with Crippen LogP contribution >= 0.6 is 22.6 Å². The van der Waals surface area contributed by atoms with Crippen LogP contribution in [0.4, 0.5) is 0 Å². The summed E-state index contributed by atoms with van der Waals surface area (Å²) in [7, 11) is 0. The van der Waals surface area contributed by atoms with E-state index in [4.69, 9.17) is 4.74 Å². The first-order valence-corrected chi connectivity index (χ1v) is 6.82. The SMILES string of the molecule is CCOC(=O)c1c(C)c[nH]c1-c1ccc(I)cc1. The Morgan fingerprint density at radius 2 is 2.00 bits per heavy atom. The molecular weight excluding hydrogens is 341 g/mol. The van der Waals surface area contributed by atoms with E-state index in [0.29, 0.717) is 12.2 Å². The molecule has 0 unspecified atom stereocenters. The molecule has 1 heterocycles. The number of hydrogen-bond acceptors (Lipinski definition) is 2. The first-order valence-electron chi connectivity index (χ1n) is 5.74. The standard InChI is InChI=1S/C14H14INO2/c1-3-18-14(17)12-9(2)8-16-13(12)10-4-6-11(15)7-5-10/h4-8,16H,3H2,1-2H3. The molecule has 1 aromatic heterocycles. The third kappa shape index (κ3) is 2.58. The molecule has 0 fully saturated rings. The number of nitrogens with one attached hydrogen (secondary N) is 1. The molecule has 0 aliphatic rings. The van der Waals surface area contributed by atoms with Crippen LogP contribution in [0.15, 0.2) is 30.5 Å². The van der Waals surface area contributed by atoms with Crippen LogP contribution in [-0.4, -0.2) is 17.6 Å². The second-order valence-electron chi connectivity index (χ2n) is 3.95. The highest BCUT2D eigenvalue weighted by molar-refractivity contribution is 14.1. The van der Waals surface area contributed by atoms with E-state index in [0.717, 1.165) is 20.4 Å². The quantitative estimate of drug-likeness (QED) is 0.673. The van der Waals surface area contributed by atoms with Gasteiger partial charge in [0.05, 0.1) is 17.9 Å². The summed E-state index contributed by atoms with van der Waals surface area (Å²) in [6, 6.07) is 8.02. The summed E-state index contributed by atoms with van der Waals surface area (Å²) in [6.07, 6.45) is 1.83. The van der Waals surface area contributed by atoms with Crippen LogP contribution in [0.5, 0.6) is 0 Å². The fourth-order valence-electron chi connectivity index (χ4n) is 1.83. The zero-order chi connectivity index (χ0) is 13.1. The van der Waals surface area contributed by atoms with Crippen LogP contribution in [0.2, 0.25) is 0 Å². The fourth-order valence-corrected chi connectivity index (χ4v) is 2.19. The second kappa shape index (κ2) is 5.56. The Labute approximate surface area is 120 Å². The molecule has 2 aromatic rings. The van der Waals surface area contributed by atoms with Gasteiger partial charge in [0.1, 0.15) is 0 Å². The maximum Gasteiger partial charge on any atom is 0.340 e. The van der Waals surface area contributed by atoms with E-state index in [-0.39, 0.29) is 5.97 Å². The summed E-state index contributed by atoms with van der Waals surface area (Å²) in [5.41, 5.74) is 3.34. The van der Waals surface area contributed by atoms with Crippen molar-refractivity contribution in [2.75, 3.05) is 6.61 Å². The number of aromatic nitrogens is 1. The van der Waals surface area contributed by atoms with Crippen LogP contribution < -0.4 is 0 Å². The zero-order valence-corrected chi connectivity index (χ0v) is 12.4. The number of carbonyl (C=O) groups excluding carboxylic acids is 1. The Balaban J connectivity index is 2.45. The average Bonchev–Trinajstić information content (AvgIpc) is 2.72. The number of ether oxygens (including phenoxy) is 1. The van der Waals surface area contributed by atoms with Gasteiger partial charge >= 0.3 is 5.97 Å². The van der Waals surface area contributed by atoms with E-state index in [9.17, 15) is 4.79 Å². The normalized spacial score (nSPS) is 10.4. The molecule has 18 heavy (non-hydrogen) atoms. The van der Waals surface area contributed by atoms with Gasteiger partial charge < -0.3 is 9.72 Å².